The van der Waals surface area contributed by atoms with Gasteiger partial charge >= 0.3 is 0 Å². The summed E-state index contributed by atoms with van der Waals surface area (Å²) in [6.45, 7) is 2.48. The number of benzene rings is 3. The van der Waals surface area contributed by atoms with E-state index in [4.69, 9.17) is 23.7 Å². The maximum atomic E-state index is 12.8. The van der Waals surface area contributed by atoms with Crippen LogP contribution in [0.2, 0.25) is 0 Å². The summed E-state index contributed by atoms with van der Waals surface area (Å²) in [6, 6.07) is 16.8. The number of rotatable bonds is 7. The summed E-state index contributed by atoms with van der Waals surface area (Å²) in [6.07, 6.45) is 1.65. The molecule has 0 unspecified atom stereocenters. The minimum absolute atomic E-state index is 0.195. The lowest BCUT2D eigenvalue weighted by Crippen LogP contribution is -1.99. The fourth-order valence-corrected chi connectivity index (χ4v) is 3.53. The van der Waals surface area contributed by atoms with E-state index in [0.29, 0.717) is 46.5 Å². The number of carbonyl (C=O) groups is 1. The molecular weight excluding hydrogens is 408 g/mol. The molecule has 1 aliphatic rings. The highest BCUT2D eigenvalue weighted by molar-refractivity contribution is 6.14. The van der Waals surface area contributed by atoms with Gasteiger partial charge in [-0.3, -0.25) is 4.79 Å². The molecule has 3 aromatic rings. The Bertz CT molecular complexity index is 1170. The second kappa shape index (κ2) is 9.06. The van der Waals surface area contributed by atoms with E-state index >= 15 is 0 Å². The van der Waals surface area contributed by atoms with Gasteiger partial charge in [0.05, 0.1) is 26.9 Å². The highest BCUT2D eigenvalue weighted by Gasteiger charge is 2.28. The lowest BCUT2D eigenvalue weighted by molar-refractivity contribution is 0.101. The molecule has 4 rings (SSSR count). The molecule has 0 amide bonds. The molecule has 0 N–H and O–H groups in total. The van der Waals surface area contributed by atoms with Crippen molar-refractivity contribution in [3.05, 3.63) is 82.6 Å². The molecule has 0 spiro atoms. The molecule has 0 saturated carbocycles. The SMILES string of the molecule is COc1cc(/C=C2\Oc3cc(OCc4ccccc4C)ccc3C2=O)cc(OC)c1OC. The van der Waals surface area contributed by atoms with Crippen LogP contribution in [0.25, 0.3) is 6.08 Å². The van der Waals surface area contributed by atoms with Crippen LogP contribution in [-0.2, 0) is 6.61 Å². The summed E-state index contributed by atoms with van der Waals surface area (Å²) in [4.78, 5) is 12.8. The van der Waals surface area contributed by atoms with Gasteiger partial charge in [0, 0.05) is 6.07 Å². The number of allylic oxidation sites excluding steroid dienone is 1. The van der Waals surface area contributed by atoms with Crippen LogP contribution in [0.5, 0.6) is 28.7 Å². The second-order valence-electron chi connectivity index (χ2n) is 7.27. The van der Waals surface area contributed by atoms with Crippen LogP contribution in [0.4, 0.5) is 0 Å². The Morgan fingerprint density at radius 1 is 0.906 bits per heavy atom. The zero-order valence-corrected chi connectivity index (χ0v) is 18.4. The molecule has 0 aliphatic carbocycles. The number of fused-ring (bicyclic) bond motifs is 1. The zero-order chi connectivity index (χ0) is 22.7. The fourth-order valence-electron chi connectivity index (χ4n) is 3.53. The van der Waals surface area contributed by atoms with Crippen molar-refractivity contribution in [2.24, 2.45) is 0 Å². The van der Waals surface area contributed by atoms with Crippen LogP contribution >= 0.6 is 0 Å². The van der Waals surface area contributed by atoms with E-state index in [0.717, 1.165) is 11.1 Å². The molecular formula is C26H24O6. The molecule has 0 bridgehead atoms. The lowest BCUT2D eigenvalue weighted by atomic mass is 10.1. The second-order valence-corrected chi connectivity index (χ2v) is 7.27. The van der Waals surface area contributed by atoms with E-state index in [1.807, 2.05) is 31.2 Å². The normalized spacial score (nSPS) is 13.5. The topological polar surface area (TPSA) is 63.2 Å². The number of ether oxygens (including phenoxy) is 5. The number of carbonyl (C=O) groups excluding carboxylic acids is 1. The number of ketones is 1. The monoisotopic (exact) mass is 432 g/mol. The summed E-state index contributed by atoms with van der Waals surface area (Å²) in [5, 5.41) is 0. The molecule has 0 saturated heterocycles. The molecule has 0 aromatic heterocycles. The molecule has 6 heteroatoms. The van der Waals surface area contributed by atoms with Crippen LogP contribution in [0.15, 0.2) is 60.4 Å². The molecule has 3 aromatic carbocycles. The Morgan fingerprint density at radius 3 is 2.28 bits per heavy atom. The maximum Gasteiger partial charge on any atom is 0.231 e. The van der Waals surface area contributed by atoms with Crippen LogP contribution in [-0.4, -0.2) is 27.1 Å². The summed E-state index contributed by atoms with van der Waals surface area (Å²) >= 11 is 0. The van der Waals surface area contributed by atoms with Gasteiger partial charge < -0.3 is 23.7 Å². The number of hydrogen-bond donors (Lipinski definition) is 0. The maximum absolute atomic E-state index is 12.8. The molecule has 6 nitrogen and oxygen atoms in total. The van der Waals surface area contributed by atoms with Gasteiger partial charge in [-0.25, -0.2) is 0 Å². The van der Waals surface area contributed by atoms with Gasteiger partial charge in [-0.15, -0.1) is 0 Å². The average Bonchev–Trinajstić information content (AvgIpc) is 3.12. The van der Waals surface area contributed by atoms with Crippen molar-refractivity contribution in [3.8, 4) is 28.7 Å². The smallest absolute Gasteiger partial charge is 0.231 e. The van der Waals surface area contributed by atoms with Gasteiger partial charge in [-0.2, -0.15) is 0 Å². The van der Waals surface area contributed by atoms with E-state index in [1.54, 1.807) is 50.6 Å². The minimum Gasteiger partial charge on any atom is -0.493 e. The molecule has 0 fully saturated rings. The molecule has 1 heterocycles. The minimum atomic E-state index is -0.195. The summed E-state index contributed by atoms with van der Waals surface area (Å²) in [5.41, 5.74) is 3.45. The standard InChI is InChI=1S/C26H24O6/c1-16-7-5-6-8-18(16)15-31-19-9-10-20-21(14-19)32-22(25(20)27)11-17-12-23(28-2)26(30-4)24(13-17)29-3/h5-14H,15H2,1-4H3/b22-11-. The number of methoxy groups -OCH3 is 3. The van der Waals surface area contributed by atoms with E-state index < -0.39 is 0 Å². The third kappa shape index (κ3) is 4.12. The predicted octanol–water partition coefficient (Wildman–Crippen LogP) is 5.22. The molecule has 1 aliphatic heterocycles. The lowest BCUT2D eigenvalue weighted by Gasteiger charge is -2.13. The average molecular weight is 432 g/mol. The van der Waals surface area contributed by atoms with Gasteiger partial charge in [0.1, 0.15) is 18.1 Å². The van der Waals surface area contributed by atoms with Crippen molar-refractivity contribution in [3.63, 3.8) is 0 Å². The third-order valence-corrected chi connectivity index (χ3v) is 5.28. The van der Waals surface area contributed by atoms with Gasteiger partial charge in [-0.1, -0.05) is 24.3 Å². The molecule has 0 atom stereocenters. The van der Waals surface area contributed by atoms with Crippen molar-refractivity contribution in [1.82, 2.24) is 0 Å². The first-order chi connectivity index (χ1) is 15.5. The van der Waals surface area contributed by atoms with Crippen LogP contribution in [0.3, 0.4) is 0 Å². The highest BCUT2D eigenvalue weighted by Crippen LogP contribution is 2.40. The third-order valence-electron chi connectivity index (χ3n) is 5.28. The first-order valence-electron chi connectivity index (χ1n) is 10.1. The summed E-state index contributed by atoms with van der Waals surface area (Å²) in [7, 11) is 4.62. The predicted molar refractivity (Wildman–Crippen MR) is 121 cm³/mol. The summed E-state index contributed by atoms with van der Waals surface area (Å²) < 4.78 is 27.9. The van der Waals surface area contributed by atoms with E-state index in [2.05, 4.69) is 0 Å². The van der Waals surface area contributed by atoms with E-state index in [1.165, 1.54) is 7.11 Å². The Balaban J connectivity index is 1.57. The van der Waals surface area contributed by atoms with Crippen molar-refractivity contribution >= 4 is 11.9 Å². The summed E-state index contributed by atoms with van der Waals surface area (Å²) in [5.74, 6) is 2.59. The van der Waals surface area contributed by atoms with Crippen LogP contribution in [0.1, 0.15) is 27.0 Å². The Labute approximate surface area is 186 Å². The van der Waals surface area contributed by atoms with Crippen molar-refractivity contribution in [2.75, 3.05) is 21.3 Å². The number of hydrogen-bond acceptors (Lipinski definition) is 6. The van der Waals surface area contributed by atoms with Crippen molar-refractivity contribution < 1.29 is 28.5 Å². The molecule has 164 valence electrons. The largest absolute Gasteiger partial charge is 0.493 e. The Kier molecular flexibility index (Phi) is 6.03. The Hall–Kier alpha value is -3.93. The molecule has 32 heavy (non-hydrogen) atoms. The van der Waals surface area contributed by atoms with Crippen molar-refractivity contribution in [2.45, 2.75) is 13.5 Å². The van der Waals surface area contributed by atoms with Crippen LogP contribution in [0, 0.1) is 6.92 Å². The molecule has 0 radical (unpaired) electrons. The van der Waals surface area contributed by atoms with Crippen LogP contribution < -0.4 is 23.7 Å². The van der Waals surface area contributed by atoms with Gasteiger partial charge in [0.15, 0.2) is 17.3 Å². The zero-order valence-electron chi connectivity index (χ0n) is 18.4. The quantitative estimate of drug-likeness (QED) is 0.477. The van der Waals surface area contributed by atoms with Gasteiger partial charge in [0.25, 0.3) is 0 Å². The fraction of sp³-hybridized carbons (Fsp3) is 0.192. The first-order valence-corrected chi connectivity index (χ1v) is 10.1. The van der Waals surface area contributed by atoms with Gasteiger partial charge in [-0.05, 0) is 54.0 Å². The van der Waals surface area contributed by atoms with Crippen molar-refractivity contribution in [1.29, 1.82) is 0 Å². The van der Waals surface area contributed by atoms with Gasteiger partial charge in [0.2, 0.25) is 11.5 Å². The Morgan fingerprint density at radius 2 is 1.62 bits per heavy atom. The number of aryl methyl sites for hydroxylation is 1. The first kappa shape index (κ1) is 21.3. The van der Waals surface area contributed by atoms with E-state index in [9.17, 15) is 4.79 Å². The number of Topliss-reactive ketones (excluding diaryl/α,β-unsaturated/α-hetero) is 1. The van der Waals surface area contributed by atoms with E-state index in [-0.39, 0.29) is 11.5 Å². The highest BCUT2D eigenvalue weighted by atomic mass is 16.5.